The van der Waals surface area contributed by atoms with Crippen molar-refractivity contribution in [3.05, 3.63) is 53.1 Å². The molecule has 0 aliphatic carbocycles. The van der Waals surface area contributed by atoms with E-state index in [4.69, 9.17) is 16.3 Å². The summed E-state index contributed by atoms with van der Waals surface area (Å²) in [5.41, 5.74) is 1.92. The highest BCUT2D eigenvalue weighted by atomic mass is 35.5. The highest BCUT2D eigenvalue weighted by Crippen LogP contribution is 2.23. The molecule has 1 unspecified atom stereocenters. The van der Waals surface area contributed by atoms with Gasteiger partial charge in [-0.1, -0.05) is 23.7 Å². The number of ether oxygens (including phenoxy) is 1. The van der Waals surface area contributed by atoms with Gasteiger partial charge in [0.05, 0.1) is 11.4 Å². The Morgan fingerprint density at radius 3 is 2.29 bits per heavy atom. The number of para-hydroxylation sites is 2. The monoisotopic (exact) mass is 346 g/mol. The standard InChI is InChI=1S/C18H19ClN2O3/c1-11-10-14(8-9-15(11)19)24-12(2)18(23)21-17-7-5-4-6-16(17)20-13(3)22/h4-10,12H,1-3H3,(H,20,22)(H,21,23). The van der Waals surface area contributed by atoms with Crippen LogP contribution in [-0.4, -0.2) is 17.9 Å². The zero-order chi connectivity index (χ0) is 17.7. The summed E-state index contributed by atoms with van der Waals surface area (Å²) in [5.74, 6) is 0.0349. The Kier molecular flexibility index (Phi) is 5.82. The Morgan fingerprint density at radius 2 is 1.71 bits per heavy atom. The van der Waals surface area contributed by atoms with Crippen molar-refractivity contribution in [2.24, 2.45) is 0 Å². The first kappa shape index (κ1) is 17.8. The molecule has 2 amide bonds. The highest BCUT2D eigenvalue weighted by molar-refractivity contribution is 6.31. The van der Waals surface area contributed by atoms with Crippen molar-refractivity contribution in [3.8, 4) is 5.75 Å². The van der Waals surface area contributed by atoms with Crippen LogP contribution in [0, 0.1) is 6.92 Å². The molecule has 0 aliphatic heterocycles. The SMILES string of the molecule is CC(=O)Nc1ccccc1NC(=O)C(C)Oc1ccc(Cl)c(C)c1. The fourth-order valence-electron chi connectivity index (χ4n) is 2.07. The van der Waals surface area contributed by atoms with Gasteiger partial charge in [-0.2, -0.15) is 0 Å². The van der Waals surface area contributed by atoms with E-state index in [0.717, 1.165) is 5.56 Å². The van der Waals surface area contributed by atoms with Crippen LogP contribution in [0.4, 0.5) is 11.4 Å². The molecule has 0 radical (unpaired) electrons. The maximum atomic E-state index is 12.3. The number of rotatable bonds is 5. The van der Waals surface area contributed by atoms with Crippen LogP contribution in [-0.2, 0) is 9.59 Å². The fraction of sp³-hybridized carbons (Fsp3) is 0.222. The lowest BCUT2D eigenvalue weighted by Crippen LogP contribution is -2.30. The Labute approximate surface area is 146 Å². The lowest BCUT2D eigenvalue weighted by Gasteiger charge is -2.17. The molecule has 0 fully saturated rings. The molecule has 2 rings (SSSR count). The van der Waals surface area contributed by atoms with Crippen LogP contribution in [0.25, 0.3) is 0 Å². The quantitative estimate of drug-likeness (QED) is 0.859. The zero-order valence-corrected chi connectivity index (χ0v) is 14.5. The number of benzene rings is 2. The summed E-state index contributed by atoms with van der Waals surface area (Å²) in [7, 11) is 0. The van der Waals surface area contributed by atoms with Crippen LogP contribution in [0.3, 0.4) is 0 Å². The van der Waals surface area contributed by atoms with Crippen LogP contribution in [0.1, 0.15) is 19.4 Å². The predicted molar refractivity (Wildman–Crippen MR) is 95.7 cm³/mol. The van der Waals surface area contributed by atoms with Crippen LogP contribution in [0.5, 0.6) is 5.75 Å². The van der Waals surface area contributed by atoms with Crippen LogP contribution >= 0.6 is 11.6 Å². The van der Waals surface area contributed by atoms with Gasteiger partial charge < -0.3 is 15.4 Å². The number of hydrogen-bond donors (Lipinski definition) is 2. The van der Waals surface area contributed by atoms with Crippen molar-refractivity contribution in [2.75, 3.05) is 10.6 Å². The number of anilines is 2. The molecule has 0 heterocycles. The second-order valence-electron chi connectivity index (χ2n) is 5.39. The van der Waals surface area contributed by atoms with E-state index >= 15 is 0 Å². The molecule has 0 aliphatic rings. The molecule has 2 N–H and O–H groups in total. The minimum atomic E-state index is -0.712. The van der Waals surface area contributed by atoms with Crippen molar-refractivity contribution in [2.45, 2.75) is 26.9 Å². The molecule has 0 bridgehead atoms. The maximum absolute atomic E-state index is 12.3. The van der Waals surface area contributed by atoms with Gasteiger partial charge in [0.2, 0.25) is 5.91 Å². The van der Waals surface area contributed by atoms with Gasteiger partial charge >= 0.3 is 0 Å². The van der Waals surface area contributed by atoms with E-state index in [0.29, 0.717) is 22.1 Å². The van der Waals surface area contributed by atoms with E-state index in [1.165, 1.54) is 6.92 Å². The van der Waals surface area contributed by atoms with E-state index in [9.17, 15) is 9.59 Å². The molecule has 6 heteroatoms. The largest absolute Gasteiger partial charge is 0.481 e. The average Bonchev–Trinajstić information content (AvgIpc) is 2.52. The molecule has 1 atom stereocenters. The number of hydrogen-bond acceptors (Lipinski definition) is 3. The van der Waals surface area contributed by atoms with Gasteiger partial charge in [-0.05, 0) is 49.7 Å². The van der Waals surface area contributed by atoms with E-state index in [1.807, 2.05) is 6.92 Å². The number of nitrogens with one attached hydrogen (secondary N) is 2. The number of carbonyl (C=O) groups excluding carboxylic acids is 2. The van der Waals surface area contributed by atoms with Gasteiger partial charge in [-0.3, -0.25) is 9.59 Å². The van der Waals surface area contributed by atoms with Gasteiger partial charge in [-0.15, -0.1) is 0 Å². The molecule has 0 spiro atoms. The van der Waals surface area contributed by atoms with Gasteiger partial charge in [0.1, 0.15) is 5.75 Å². The molecule has 2 aromatic carbocycles. The first-order valence-corrected chi connectivity index (χ1v) is 7.85. The number of amides is 2. The zero-order valence-electron chi connectivity index (χ0n) is 13.7. The van der Waals surface area contributed by atoms with Crippen LogP contribution in [0.15, 0.2) is 42.5 Å². The third kappa shape index (κ3) is 4.73. The predicted octanol–water partition coefficient (Wildman–Crippen LogP) is 4.01. The van der Waals surface area contributed by atoms with E-state index in [2.05, 4.69) is 10.6 Å². The van der Waals surface area contributed by atoms with Crippen molar-refractivity contribution in [3.63, 3.8) is 0 Å². The highest BCUT2D eigenvalue weighted by Gasteiger charge is 2.16. The normalized spacial score (nSPS) is 11.5. The van der Waals surface area contributed by atoms with E-state index in [-0.39, 0.29) is 11.8 Å². The third-order valence-electron chi connectivity index (χ3n) is 3.31. The van der Waals surface area contributed by atoms with Crippen LogP contribution in [0.2, 0.25) is 5.02 Å². The lowest BCUT2D eigenvalue weighted by atomic mass is 10.2. The number of halogens is 1. The third-order valence-corrected chi connectivity index (χ3v) is 3.73. The van der Waals surface area contributed by atoms with Crippen molar-refractivity contribution in [1.82, 2.24) is 0 Å². The summed E-state index contributed by atoms with van der Waals surface area (Å²) in [4.78, 5) is 23.6. The summed E-state index contributed by atoms with van der Waals surface area (Å²) in [6.07, 6.45) is -0.712. The van der Waals surface area contributed by atoms with Crippen molar-refractivity contribution >= 4 is 34.8 Å². The minimum absolute atomic E-state index is 0.211. The van der Waals surface area contributed by atoms with Gasteiger partial charge in [-0.25, -0.2) is 0 Å². The second-order valence-corrected chi connectivity index (χ2v) is 5.79. The first-order chi connectivity index (χ1) is 11.4. The molecule has 0 saturated carbocycles. The molecule has 0 saturated heterocycles. The Morgan fingerprint density at radius 1 is 1.08 bits per heavy atom. The van der Waals surface area contributed by atoms with E-state index < -0.39 is 6.10 Å². The van der Waals surface area contributed by atoms with Crippen molar-refractivity contribution < 1.29 is 14.3 Å². The smallest absolute Gasteiger partial charge is 0.265 e. The molecule has 5 nitrogen and oxygen atoms in total. The van der Waals surface area contributed by atoms with Gasteiger partial charge in [0, 0.05) is 11.9 Å². The van der Waals surface area contributed by atoms with E-state index in [1.54, 1.807) is 49.4 Å². The summed E-state index contributed by atoms with van der Waals surface area (Å²) in [6, 6.07) is 12.2. The first-order valence-electron chi connectivity index (χ1n) is 7.47. The summed E-state index contributed by atoms with van der Waals surface area (Å²) in [5, 5.41) is 6.07. The van der Waals surface area contributed by atoms with Gasteiger partial charge in [0.15, 0.2) is 6.10 Å². The molecule has 126 valence electrons. The molecular formula is C18H19ClN2O3. The summed E-state index contributed by atoms with van der Waals surface area (Å²) < 4.78 is 5.65. The van der Waals surface area contributed by atoms with Gasteiger partial charge in [0.25, 0.3) is 5.91 Å². The summed E-state index contributed by atoms with van der Waals surface area (Å²) >= 11 is 5.98. The number of carbonyl (C=O) groups is 2. The average molecular weight is 347 g/mol. The maximum Gasteiger partial charge on any atom is 0.265 e. The molecular weight excluding hydrogens is 328 g/mol. The second kappa shape index (κ2) is 7.84. The Hall–Kier alpha value is -2.53. The molecule has 24 heavy (non-hydrogen) atoms. The van der Waals surface area contributed by atoms with Crippen LogP contribution < -0.4 is 15.4 Å². The summed E-state index contributed by atoms with van der Waals surface area (Å²) in [6.45, 7) is 4.93. The minimum Gasteiger partial charge on any atom is -0.481 e. The lowest BCUT2D eigenvalue weighted by molar-refractivity contribution is -0.122. The Balaban J connectivity index is 2.06. The topological polar surface area (TPSA) is 67.4 Å². The molecule has 2 aromatic rings. The van der Waals surface area contributed by atoms with Crippen molar-refractivity contribution in [1.29, 1.82) is 0 Å². The number of aryl methyl sites for hydroxylation is 1. The Bertz CT molecular complexity index is 762. The fourth-order valence-corrected chi connectivity index (χ4v) is 2.19. The molecule has 0 aromatic heterocycles.